The average Bonchev–Trinajstić information content (AvgIpc) is 2.83. The minimum absolute atomic E-state index is 0.111. The molecule has 1 N–H and O–H groups in total. The molecule has 0 aliphatic carbocycles. The van der Waals surface area contributed by atoms with Crippen molar-refractivity contribution < 1.29 is 9.53 Å². The molecular weight excluding hydrogens is 284 g/mol. The molecule has 100 valence electrons. The number of carbonyl (C=O) groups is 1. The summed E-state index contributed by atoms with van der Waals surface area (Å²) >= 11 is 7.10. The van der Waals surface area contributed by atoms with Gasteiger partial charge in [0.15, 0.2) is 0 Å². The van der Waals surface area contributed by atoms with E-state index in [2.05, 4.69) is 10.3 Å². The number of aryl methyl sites for hydroxylation is 1. The zero-order valence-electron chi connectivity index (χ0n) is 10.4. The van der Waals surface area contributed by atoms with Crippen LogP contribution < -0.4 is 10.1 Å². The monoisotopic (exact) mass is 296 g/mol. The average molecular weight is 297 g/mol. The number of hydrogen-bond acceptors (Lipinski definition) is 4. The molecule has 1 heterocycles. The fourth-order valence-corrected chi connectivity index (χ4v) is 2.31. The van der Waals surface area contributed by atoms with Gasteiger partial charge < -0.3 is 10.1 Å². The summed E-state index contributed by atoms with van der Waals surface area (Å²) in [6.45, 7) is 2.67. The second-order valence-electron chi connectivity index (χ2n) is 3.83. The van der Waals surface area contributed by atoms with Crippen LogP contribution in [0.5, 0.6) is 5.75 Å². The molecule has 0 aliphatic heterocycles. The molecule has 2 rings (SSSR count). The summed E-state index contributed by atoms with van der Waals surface area (Å²) in [6.07, 6.45) is 0. The van der Waals surface area contributed by atoms with Crippen LogP contribution in [0, 0.1) is 6.92 Å². The molecule has 1 amide bonds. The second kappa shape index (κ2) is 6.54. The molecule has 1 aromatic heterocycles. The maximum absolute atomic E-state index is 11.8. The van der Waals surface area contributed by atoms with Gasteiger partial charge in [0.1, 0.15) is 17.2 Å². The molecule has 0 radical (unpaired) electrons. The minimum Gasteiger partial charge on any atom is -0.492 e. The molecule has 0 atom stereocenters. The first kappa shape index (κ1) is 13.8. The van der Waals surface area contributed by atoms with Crippen LogP contribution in [0.4, 0.5) is 0 Å². The summed E-state index contributed by atoms with van der Waals surface area (Å²) in [5, 5.41) is 3.46. The molecule has 19 heavy (non-hydrogen) atoms. The van der Waals surface area contributed by atoms with Crippen LogP contribution in [0.2, 0.25) is 5.02 Å². The number of carbonyl (C=O) groups excluding carboxylic acids is 1. The van der Waals surface area contributed by atoms with Gasteiger partial charge in [-0.05, 0) is 31.2 Å². The Morgan fingerprint density at radius 1 is 1.42 bits per heavy atom. The van der Waals surface area contributed by atoms with Crippen LogP contribution in [-0.4, -0.2) is 24.0 Å². The molecule has 0 unspecified atom stereocenters. The van der Waals surface area contributed by atoms with Crippen molar-refractivity contribution in [1.82, 2.24) is 10.3 Å². The Balaban J connectivity index is 1.74. The number of aromatic nitrogens is 1. The van der Waals surface area contributed by atoms with Crippen molar-refractivity contribution in [3.05, 3.63) is 45.4 Å². The van der Waals surface area contributed by atoms with Gasteiger partial charge in [0.05, 0.1) is 17.7 Å². The summed E-state index contributed by atoms with van der Waals surface area (Å²) < 4.78 is 5.47. The number of nitrogens with zero attached hydrogens (tertiary/aromatic N) is 1. The summed E-state index contributed by atoms with van der Waals surface area (Å²) in [7, 11) is 0. The highest BCUT2D eigenvalue weighted by atomic mass is 35.5. The number of rotatable bonds is 5. The van der Waals surface area contributed by atoms with Crippen LogP contribution in [-0.2, 0) is 0 Å². The van der Waals surface area contributed by atoms with E-state index in [1.165, 1.54) is 11.3 Å². The Bertz CT molecular complexity index is 554. The Hall–Kier alpha value is -1.59. The highest BCUT2D eigenvalue weighted by Crippen LogP contribution is 2.15. The number of amides is 1. The van der Waals surface area contributed by atoms with Gasteiger partial charge in [0, 0.05) is 5.02 Å². The van der Waals surface area contributed by atoms with Crippen molar-refractivity contribution in [1.29, 1.82) is 0 Å². The minimum atomic E-state index is -0.111. The van der Waals surface area contributed by atoms with Gasteiger partial charge in [-0.1, -0.05) is 11.6 Å². The van der Waals surface area contributed by atoms with Crippen LogP contribution in [0.1, 0.15) is 15.4 Å². The SMILES string of the molecule is Cc1ncsc1C(=O)NCCOc1ccc(Cl)cc1. The third-order valence-electron chi connectivity index (χ3n) is 2.42. The zero-order valence-corrected chi connectivity index (χ0v) is 11.9. The van der Waals surface area contributed by atoms with Crippen LogP contribution in [0.3, 0.4) is 0 Å². The molecule has 0 bridgehead atoms. The predicted molar refractivity (Wildman–Crippen MR) is 76.1 cm³/mol. The van der Waals surface area contributed by atoms with Gasteiger partial charge in [-0.2, -0.15) is 0 Å². The van der Waals surface area contributed by atoms with Crippen molar-refractivity contribution in [2.45, 2.75) is 6.92 Å². The fraction of sp³-hybridized carbons (Fsp3) is 0.231. The summed E-state index contributed by atoms with van der Waals surface area (Å²) in [4.78, 5) is 16.4. The van der Waals surface area contributed by atoms with Gasteiger partial charge in [-0.3, -0.25) is 4.79 Å². The number of hydrogen-bond donors (Lipinski definition) is 1. The van der Waals surface area contributed by atoms with Gasteiger partial charge >= 0.3 is 0 Å². The Kier molecular flexibility index (Phi) is 4.76. The molecule has 6 heteroatoms. The lowest BCUT2D eigenvalue weighted by molar-refractivity contribution is 0.0950. The standard InChI is InChI=1S/C13H13ClN2O2S/c1-9-12(19-8-16-9)13(17)15-6-7-18-11-4-2-10(14)3-5-11/h2-5,8H,6-7H2,1H3,(H,15,17). The van der Waals surface area contributed by atoms with E-state index in [0.29, 0.717) is 23.1 Å². The van der Waals surface area contributed by atoms with E-state index in [-0.39, 0.29) is 5.91 Å². The Labute approximate surface area is 120 Å². The van der Waals surface area contributed by atoms with Gasteiger partial charge in [0.25, 0.3) is 5.91 Å². The maximum atomic E-state index is 11.8. The quantitative estimate of drug-likeness (QED) is 0.863. The number of thiazole rings is 1. The smallest absolute Gasteiger partial charge is 0.263 e. The molecule has 0 saturated heterocycles. The van der Waals surface area contributed by atoms with Crippen molar-refractivity contribution in [2.75, 3.05) is 13.2 Å². The van der Waals surface area contributed by atoms with Crippen molar-refractivity contribution in [3.8, 4) is 5.75 Å². The lowest BCUT2D eigenvalue weighted by atomic mass is 10.3. The molecule has 2 aromatic rings. The van der Waals surface area contributed by atoms with Crippen molar-refractivity contribution in [3.63, 3.8) is 0 Å². The lowest BCUT2D eigenvalue weighted by Gasteiger charge is -2.07. The van der Waals surface area contributed by atoms with E-state index in [9.17, 15) is 4.79 Å². The highest BCUT2D eigenvalue weighted by Gasteiger charge is 2.10. The van der Waals surface area contributed by atoms with Crippen molar-refractivity contribution in [2.24, 2.45) is 0 Å². The first-order chi connectivity index (χ1) is 9.16. The Morgan fingerprint density at radius 3 is 2.79 bits per heavy atom. The Morgan fingerprint density at radius 2 is 2.16 bits per heavy atom. The largest absolute Gasteiger partial charge is 0.492 e. The van der Waals surface area contributed by atoms with E-state index in [0.717, 1.165) is 11.4 Å². The van der Waals surface area contributed by atoms with Gasteiger partial charge in [-0.15, -0.1) is 11.3 Å². The van der Waals surface area contributed by atoms with Crippen LogP contribution in [0.15, 0.2) is 29.8 Å². The topological polar surface area (TPSA) is 51.2 Å². The molecule has 0 spiro atoms. The van der Waals surface area contributed by atoms with Crippen LogP contribution >= 0.6 is 22.9 Å². The third-order valence-corrected chi connectivity index (χ3v) is 3.60. The molecular formula is C13H13ClN2O2S. The molecule has 0 saturated carbocycles. The lowest BCUT2D eigenvalue weighted by Crippen LogP contribution is -2.27. The molecule has 4 nitrogen and oxygen atoms in total. The second-order valence-corrected chi connectivity index (χ2v) is 5.12. The van der Waals surface area contributed by atoms with Crippen molar-refractivity contribution >= 4 is 28.8 Å². The predicted octanol–water partition coefficient (Wildman–Crippen LogP) is 2.91. The summed E-state index contributed by atoms with van der Waals surface area (Å²) in [6, 6.07) is 7.10. The maximum Gasteiger partial charge on any atom is 0.263 e. The summed E-state index contributed by atoms with van der Waals surface area (Å²) in [5.74, 6) is 0.618. The number of ether oxygens (including phenoxy) is 1. The zero-order chi connectivity index (χ0) is 13.7. The van der Waals surface area contributed by atoms with E-state index in [1.54, 1.807) is 29.8 Å². The van der Waals surface area contributed by atoms with E-state index < -0.39 is 0 Å². The molecule has 1 aromatic carbocycles. The normalized spacial score (nSPS) is 10.2. The fourth-order valence-electron chi connectivity index (χ4n) is 1.46. The van der Waals surface area contributed by atoms with Gasteiger partial charge in [-0.25, -0.2) is 4.98 Å². The van der Waals surface area contributed by atoms with Crippen LogP contribution in [0.25, 0.3) is 0 Å². The number of nitrogens with one attached hydrogen (secondary N) is 1. The van der Waals surface area contributed by atoms with E-state index >= 15 is 0 Å². The number of benzene rings is 1. The van der Waals surface area contributed by atoms with Gasteiger partial charge in [0.2, 0.25) is 0 Å². The molecule has 0 fully saturated rings. The third kappa shape index (κ3) is 3.94. The van der Waals surface area contributed by atoms with E-state index in [4.69, 9.17) is 16.3 Å². The highest BCUT2D eigenvalue weighted by molar-refractivity contribution is 7.11. The summed E-state index contributed by atoms with van der Waals surface area (Å²) in [5.41, 5.74) is 2.41. The first-order valence-corrected chi connectivity index (χ1v) is 6.99. The first-order valence-electron chi connectivity index (χ1n) is 5.73. The van der Waals surface area contributed by atoms with E-state index in [1.807, 2.05) is 6.92 Å². The number of halogens is 1. The molecule has 0 aliphatic rings.